The van der Waals surface area contributed by atoms with Crippen LogP contribution in [0, 0.1) is 0 Å². The van der Waals surface area contributed by atoms with E-state index in [1.54, 1.807) is 0 Å². The second-order valence-electron chi connectivity index (χ2n) is 3.35. The molecule has 0 bridgehead atoms. The Morgan fingerprint density at radius 2 is 2.40 bits per heavy atom. The minimum absolute atomic E-state index is 0.0276. The maximum atomic E-state index is 5.93. The number of likely N-dealkylation sites (N-methyl/N-ethyl adjacent to an activating group) is 1. The zero-order valence-electron chi connectivity index (χ0n) is 8.11. The molecule has 1 aromatic carbocycles. The van der Waals surface area contributed by atoms with Gasteiger partial charge in [-0.2, -0.15) is 5.01 Å². The summed E-state index contributed by atoms with van der Waals surface area (Å²) in [5.74, 6) is 0. The zero-order chi connectivity index (χ0) is 10.8. The van der Waals surface area contributed by atoms with Crippen LogP contribution in [-0.2, 0) is 6.42 Å². The molecular weight excluding hydrogens is 279 g/mol. The molecule has 0 saturated carbocycles. The predicted octanol–water partition coefficient (Wildman–Crippen LogP) is 2.79. The molecule has 15 heavy (non-hydrogen) atoms. The van der Waals surface area contributed by atoms with Crippen LogP contribution in [0.15, 0.2) is 33.0 Å². The molecule has 1 atom stereocenters. The van der Waals surface area contributed by atoms with Crippen molar-refractivity contribution in [3.8, 4) is 0 Å². The van der Waals surface area contributed by atoms with Crippen molar-refractivity contribution in [2.75, 3.05) is 7.05 Å². The summed E-state index contributed by atoms with van der Waals surface area (Å²) >= 11 is 9.42. The van der Waals surface area contributed by atoms with Crippen molar-refractivity contribution in [2.24, 2.45) is 10.3 Å². The van der Waals surface area contributed by atoms with Gasteiger partial charge in [-0.3, -0.25) is 0 Å². The monoisotopic (exact) mass is 288 g/mol. The second kappa shape index (κ2) is 4.47. The van der Waals surface area contributed by atoms with E-state index < -0.39 is 0 Å². The lowest BCUT2D eigenvalue weighted by atomic mass is 10.1. The maximum Gasteiger partial charge on any atom is 0.147 e. The average molecular weight is 290 g/mol. The summed E-state index contributed by atoms with van der Waals surface area (Å²) in [5.41, 5.74) is 3.89. The number of hydrogen-bond acceptors (Lipinski definition) is 4. The summed E-state index contributed by atoms with van der Waals surface area (Å²) < 4.78 is 1.04. The fourth-order valence-corrected chi connectivity index (χ4v) is 1.98. The molecule has 0 aromatic heterocycles. The van der Waals surface area contributed by atoms with Gasteiger partial charge in [-0.1, -0.05) is 32.8 Å². The van der Waals surface area contributed by atoms with Gasteiger partial charge in [0.25, 0.3) is 0 Å². The van der Waals surface area contributed by atoms with Gasteiger partial charge in [-0.15, -0.1) is 5.11 Å². The van der Waals surface area contributed by atoms with Crippen molar-refractivity contribution in [2.45, 2.75) is 12.6 Å². The van der Waals surface area contributed by atoms with E-state index in [0.717, 1.165) is 21.5 Å². The molecule has 4 nitrogen and oxygen atoms in total. The first-order valence-corrected chi connectivity index (χ1v) is 5.66. The Labute approximate surface area is 101 Å². The summed E-state index contributed by atoms with van der Waals surface area (Å²) in [6.45, 7) is 0. The quantitative estimate of drug-likeness (QED) is 0.909. The van der Waals surface area contributed by atoms with E-state index in [0.29, 0.717) is 0 Å². The molecule has 1 aliphatic heterocycles. The van der Waals surface area contributed by atoms with Gasteiger partial charge < -0.3 is 0 Å². The topological polar surface area (TPSA) is 40.0 Å². The highest BCUT2D eigenvalue weighted by molar-refractivity contribution is 9.10. The smallest absolute Gasteiger partial charge is 0.147 e. The van der Waals surface area contributed by atoms with Gasteiger partial charge in [-0.05, 0) is 23.8 Å². The molecule has 0 saturated heterocycles. The predicted molar refractivity (Wildman–Crippen MR) is 62.4 cm³/mol. The molecular formula is C9H10BrClN4. The lowest BCUT2D eigenvalue weighted by molar-refractivity contribution is 0.219. The van der Waals surface area contributed by atoms with Crippen molar-refractivity contribution in [1.29, 1.82) is 0 Å². The highest BCUT2D eigenvalue weighted by Crippen LogP contribution is 2.24. The van der Waals surface area contributed by atoms with Crippen LogP contribution >= 0.6 is 27.5 Å². The number of rotatable bonds is 2. The van der Waals surface area contributed by atoms with Crippen molar-refractivity contribution in [1.82, 2.24) is 10.5 Å². The highest BCUT2D eigenvalue weighted by atomic mass is 79.9. The number of halogens is 2. The third-order valence-corrected chi connectivity index (χ3v) is 3.26. The van der Waals surface area contributed by atoms with Crippen LogP contribution in [0.25, 0.3) is 0 Å². The summed E-state index contributed by atoms with van der Waals surface area (Å²) in [4.78, 5) is 0. The average Bonchev–Trinajstić information content (AvgIpc) is 2.58. The van der Waals surface area contributed by atoms with Crippen LogP contribution in [-0.4, -0.2) is 18.2 Å². The van der Waals surface area contributed by atoms with E-state index in [-0.39, 0.29) is 6.17 Å². The Morgan fingerprint density at radius 3 is 3.07 bits per heavy atom. The standard InChI is InChI=1S/C9H10BrClN4/c1-15-9(12-13-14-15)5-6-4-7(11)2-3-8(6)10/h2-4,9H,5H2,1H3,(H,12,14)/t9-/m0/s1. The van der Waals surface area contributed by atoms with Gasteiger partial charge in [0, 0.05) is 23.0 Å². The third-order valence-electron chi connectivity index (χ3n) is 2.25. The van der Waals surface area contributed by atoms with E-state index in [4.69, 9.17) is 11.6 Å². The number of benzene rings is 1. The Morgan fingerprint density at radius 1 is 1.60 bits per heavy atom. The molecule has 0 amide bonds. The summed E-state index contributed by atoms with van der Waals surface area (Å²) in [7, 11) is 1.91. The minimum Gasteiger partial charge on any atom is -0.220 e. The molecule has 1 N–H and O–H groups in total. The van der Waals surface area contributed by atoms with Crippen molar-refractivity contribution in [3.05, 3.63) is 33.3 Å². The number of hydrazine groups is 1. The fraction of sp³-hybridized carbons (Fsp3) is 0.333. The third kappa shape index (κ3) is 2.48. The molecule has 1 aromatic rings. The van der Waals surface area contributed by atoms with E-state index in [9.17, 15) is 0 Å². The summed E-state index contributed by atoms with van der Waals surface area (Å²) in [6.07, 6.45) is 0.800. The van der Waals surface area contributed by atoms with Crippen LogP contribution < -0.4 is 5.53 Å². The van der Waals surface area contributed by atoms with Gasteiger partial charge in [0.05, 0.1) is 0 Å². The number of nitrogens with zero attached hydrogens (tertiary/aromatic N) is 3. The maximum absolute atomic E-state index is 5.93. The zero-order valence-corrected chi connectivity index (χ0v) is 10.5. The first-order valence-electron chi connectivity index (χ1n) is 4.49. The first kappa shape index (κ1) is 10.9. The van der Waals surface area contributed by atoms with Crippen LogP contribution in [0.5, 0.6) is 0 Å². The molecule has 80 valence electrons. The van der Waals surface area contributed by atoms with E-state index >= 15 is 0 Å². The van der Waals surface area contributed by atoms with E-state index in [2.05, 4.69) is 31.8 Å². The Bertz CT molecular complexity index is 396. The number of hydrogen-bond donors (Lipinski definition) is 1. The SMILES string of the molecule is CN1NN=N[C@@H]1Cc1cc(Cl)ccc1Br. The Kier molecular flexibility index (Phi) is 3.23. The van der Waals surface area contributed by atoms with Gasteiger partial charge >= 0.3 is 0 Å². The van der Waals surface area contributed by atoms with Gasteiger partial charge in [0.15, 0.2) is 0 Å². The number of nitrogens with one attached hydrogen (secondary N) is 1. The largest absolute Gasteiger partial charge is 0.220 e. The molecule has 6 heteroatoms. The summed E-state index contributed by atoms with van der Waals surface area (Å²) in [6, 6.07) is 5.73. The van der Waals surface area contributed by atoms with Crippen LogP contribution in [0.4, 0.5) is 0 Å². The molecule has 0 unspecified atom stereocenters. The molecule has 1 aliphatic rings. The molecule has 0 radical (unpaired) electrons. The van der Waals surface area contributed by atoms with Crippen molar-refractivity contribution in [3.63, 3.8) is 0 Å². The van der Waals surface area contributed by atoms with Gasteiger partial charge in [0.1, 0.15) is 6.17 Å². The van der Waals surface area contributed by atoms with Crippen molar-refractivity contribution < 1.29 is 0 Å². The second-order valence-corrected chi connectivity index (χ2v) is 4.64. The van der Waals surface area contributed by atoms with E-state index in [1.807, 2.05) is 30.3 Å². The first-order chi connectivity index (χ1) is 7.16. The molecule has 2 rings (SSSR count). The lowest BCUT2D eigenvalue weighted by Crippen LogP contribution is -2.34. The molecule has 0 fully saturated rings. The van der Waals surface area contributed by atoms with E-state index in [1.165, 1.54) is 0 Å². The van der Waals surface area contributed by atoms with Crippen molar-refractivity contribution >= 4 is 27.5 Å². The Hall–Kier alpha value is -0.650. The Balaban J connectivity index is 2.16. The molecule has 1 heterocycles. The summed E-state index contributed by atoms with van der Waals surface area (Å²) in [5, 5.41) is 10.4. The highest BCUT2D eigenvalue weighted by Gasteiger charge is 2.19. The van der Waals surface area contributed by atoms with Gasteiger partial charge in [0.2, 0.25) is 0 Å². The fourth-order valence-electron chi connectivity index (χ4n) is 1.38. The van der Waals surface area contributed by atoms with Crippen LogP contribution in [0.2, 0.25) is 5.02 Å². The van der Waals surface area contributed by atoms with Crippen LogP contribution in [0.3, 0.4) is 0 Å². The normalized spacial score (nSPS) is 20.6. The molecule has 0 aliphatic carbocycles. The minimum atomic E-state index is 0.0276. The lowest BCUT2D eigenvalue weighted by Gasteiger charge is -2.15. The molecule has 0 spiro atoms. The van der Waals surface area contributed by atoms with Crippen LogP contribution in [0.1, 0.15) is 5.56 Å². The van der Waals surface area contributed by atoms with Gasteiger partial charge in [-0.25, -0.2) is 5.53 Å².